The molecule has 1 aromatic heterocycles. The largest absolute Gasteiger partial charge is 0.343 e. The Morgan fingerprint density at radius 1 is 1.04 bits per heavy atom. The van der Waals surface area contributed by atoms with Gasteiger partial charge >= 0.3 is 0 Å². The van der Waals surface area contributed by atoms with Gasteiger partial charge in [0.2, 0.25) is 0 Å². The van der Waals surface area contributed by atoms with Crippen molar-refractivity contribution in [3.63, 3.8) is 0 Å². The molecular formula is C20H18BrN3O. The fraction of sp³-hybridized carbons (Fsp3) is 0.100. The summed E-state index contributed by atoms with van der Waals surface area (Å²) in [5.41, 5.74) is 4.18. The number of carbonyl (C=O) groups is 1. The zero-order chi connectivity index (χ0) is 17.8. The number of rotatable bonds is 4. The molecule has 0 fully saturated rings. The molecule has 0 bridgehead atoms. The van der Waals surface area contributed by atoms with E-state index in [0.29, 0.717) is 5.56 Å². The molecule has 4 nitrogen and oxygen atoms in total. The number of hydrogen-bond donors (Lipinski definition) is 1. The quantitative estimate of drug-likeness (QED) is 0.662. The van der Waals surface area contributed by atoms with Crippen molar-refractivity contribution >= 4 is 38.9 Å². The molecule has 0 saturated carbocycles. The predicted molar refractivity (Wildman–Crippen MR) is 106 cm³/mol. The molecule has 0 spiro atoms. The average Bonchev–Trinajstić information content (AvgIpc) is 2.64. The minimum Gasteiger partial charge on any atom is -0.343 e. The molecule has 0 atom stereocenters. The van der Waals surface area contributed by atoms with Gasteiger partial charge in [-0.1, -0.05) is 34.1 Å². The zero-order valence-corrected chi connectivity index (χ0v) is 15.6. The van der Waals surface area contributed by atoms with Crippen LogP contribution in [0.1, 0.15) is 15.9 Å². The highest BCUT2D eigenvalue weighted by Gasteiger charge is 2.11. The molecule has 0 aliphatic heterocycles. The smallest absolute Gasteiger partial charge is 0.257 e. The number of amides is 1. The van der Waals surface area contributed by atoms with E-state index in [-0.39, 0.29) is 5.91 Å². The summed E-state index contributed by atoms with van der Waals surface area (Å²) in [6.07, 6.45) is 3.32. The third-order valence-electron chi connectivity index (χ3n) is 3.95. The lowest BCUT2D eigenvalue weighted by Crippen LogP contribution is -2.15. The Hall–Kier alpha value is -2.66. The van der Waals surface area contributed by atoms with Gasteiger partial charge in [-0.05, 0) is 48.9 Å². The van der Waals surface area contributed by atoms with Crippen molar-refractivity contribution in [1.82, 2.24) is 4.98 Å². The SMILES string of the molecule is Cc1cc(Br)ccc1NC(=O)c1cncc(N(C)c2ccccc2)c1. The van der Waals surface area contributed by atoms with Crippen LogP contribution in [0.2, 0.25) is 0 Å². The predicted octanol–water partition coefficient (Wildman–Crippen LogP) is 5.17. The molecule has 126 valence electrons. The van der Waals surface area contributed by atoms with E-state index in [9.17, 15) is 4.79 Å². The van der Waals surface area contributed by atoms with Crippen LogP contribution >= 0.6 is 15.9 Å². The lowest BCUT2D eigenvalue weighted by atomic mass is 10.2. The number of nitrogens with one attached hydrogen (secondary N) is 1. The van der Waals surface area contributed by atoms with Gasteiger partial charge in [-0.3, -0.25) is 9.78 Å². The van der Waals surface area contributed by atoms with Crippen LogP contribution in [0.25, 0.3) is 0 Å². The van der Waals surface area contributed by atoms with Crippen molar-refractivity contribution < 1.29 is 4.79 Å². The molecule has 0 aliphatic carbocycles. The summed E-state index contributed by atoms with van der Waals surface area (Å²) >= 11 is 3.43. The van der Waals surface area contributed by atoms with Gasteiger partial charge in [0.05, 0.1) is 17.4 Å². The molecule has 3 rings (SSSR count). The molecule has 0 unspecified atom stereocenters. The fourth-order valence-electron chi connectivity index (χ4n) is 2.50. The minimum atomic E-state index is -0.179. The number of hydrogen-bond acceptors (Lipinski definition) is 3. The number of para-hydroxylation sites is 1. The van der Waals surface area contributed by atoms with E-state index in [1.165, 1.54) is 0 Å². The number of benzene rings is 2. The molecule has 25 heavy (non-hydrogen) atoms. The van der Waals surface area contributed by atoms with Crippen LogP contribution < -0.4 is 10.2 Å². The monoisotopic (exact) mass is 395 g/mol. The second-order valence-electron chi connectivity index (χ2n) is 5.74. The van der Waals surface area contributed by atoms with Gasteiger partial charge in [0, 0.05) is 29.1 Å². The lowest BCUT2D eigenvalue weighted by Gasteiger charge is -2.19. The van der Waals surface area contributed by atoms with Gasteiger partial charge < -0.3 is 10.2 Å². The maximum Gasteiger partial charge on any atom is 0.257 e. The molecule has 0 saturated heterocycles. The maximum absolute atomic E-state index is 12.6. The van der Waals surface area contributed by atoms with Crippen molar-refractivity contribution in [2.24, 2.45) is 0 Å². The Kier molecular flexibility index (Phi) is 5.14. The Morgan fingerprint density at radius 2 is 1.80 bits per heavy atom. The number of halogens is 1. The molecule has 0 aliphatic rings. The van der Waals surface area contributed by atoms with E-state index in [4.69, 9.17) is 0 Å². The number of aryl methyl sites for hydroxylation is 1. The highest BCUT2D eigenvalue weighted by molar-refractivity contribution is 9.10. The summed E-state index contributed by atoms with van der Waals surface area (Å²) < 4.78 is 0.983. The van der Waals surface area contributed by atoms with E-state index in [1.807, 2.05) is 73.5 Å². The molecule has 1 amide bonds. The van der Waals surface area contributed by atoms with E-state index in [2.05, 4.69) is 26.2 Å². The molecule has 0 radical (unpaired) electrons. The fourth-order valence-corrected chi connectivity index (χ4v) is 2.97. The van der Waals surface area contributed by atoms with Crippen LogP contribution in [-0.4, -0.2) is 17.9 Å². The van der Waals surface area contributed by atoms with Gasteiger partial charge in [0.15, 0.2) is 0 Å². The molecule has 5 heteroatoms. The summed E-state index contributed by atoms with van der Waals surface area (Å²) in [5, 5.41) is 2.94. The van der Waals surface area contributed by atoms with Crippen molar-refractivity contribution in [3.8, 4) is 0 Å². The molecule has 1 N–H and O–H groups in total. The minimum absolute atomic E-state index is 0.179. The second kappa shape index (κ2) is 7.49. The number of anilines is 3. The van der Waals surface area contributed by atoms with Gasteiger partial charge in [0.25, 0.3) is 5.91 Å². The van der Waals surface area contributed by atoms with Crippen LogP contribution in [0.3, 0.4) is 0 Å². The Balaban J connectivity index is 1.82. The average molecular weight is 396 g/mol. The summed E-state index contributed by atoms with van der Waals surface area (Å²) in [6, 6.07) is 17.5. The Bertz CT molecular complexity index is 896. The first-order valence-corrected chi connectivity index (χ1v) is 8.65. The van der Waals surface area contributed by atoms with E-state index < -0.39 is 0 Å². The standard InChI is InChI=1S/C20H18BrN3O/c1-14-10-16(21)8-9-19(14)23-20(25)15-11-18(13-22-12-15)24(2)17-6-4-3-5-7-17/h3-13H,1-2H3,(H,23,25). The van der Waals surface area contributed by atoms with Crippen LogP contribution in [-0.2, 0) is 0 Å². The molecule has 3 aromatic rings. The summed E-state index contributed by atoms with van der Waals surface area (Å²) in [6.45, 7) is 1.96. The zero-order valence-electron chi connectivity index (χ0n) is 14.0. The molecule has 2 aromatic carbocycles. The van der Waals surface area contributed by atoms with Gasteiger partial charge in [-0.15, -0.1) is 0 Å². The van der Waals surface area contributed by atoms with Crippen LogP contribution in [0, 0.1) is 6.92 Å². The second-order valence-corrected chi connectivity index (χ2v) is 6.66. The number of aromatic nitrogens is 1. The Labute approximate surface area is 155 Å². The van der Waals surface area contributed by atoms with Crippen molar-refractivity contribution in [2.75, 3.05) is 17.3 Å². The van der Waals surface area contributed by atoms with E-state index in [0.717, 1.165) is 27.1 Å². The third kappa shape index (κ3) is 4.06. The van der Waals surface area contributed by atoms with Crippen LogP contribution in [0.4, 0.5) is 17.1 Å². The van der Waals surface area contributed by atoms with Crippen molar-refractivity contribution in [3.05, 3.63) is 82.6 Å². The van der Waals surface area contributed by atoms with Crippen LogP contribution in [0.5, 0.6) is 0 Å². The first-order chi connectivity index (χ1) is 12.0. The van der Waals surface area contributed by atoms with E-state index >= 15 is 0 Å². The third-order valence-corrected chi connectivity index (χ3v) is 4.45. The van der Waals surface area contributed by atoms with Gasteiger partial charge in [-0.2, -0.15) is 0 Å². The van der Waals surface area contributed by atoms with Crippen LogP contribution in [0.15, 0.2) is 71.5 Å². The Morgan fingerprint density at radius 3 is 2.52 bits per heavy atom. The first kappa shape index (κ1) is 17.2. The van der Waals surface area contributed by atoms with Gasteiger partial charge in [-0.25, -0.2) is 0 Å². The molecule has 1 heterocycles. The number of carbonyl (C=O) groups excluding carboxylic acids is 1. The van der Waals surface area contributed by atoms with Crippen molar-refractivity contribution in [2.45, 2.75) is 6.92 Å². The summed E-state index contributed by atoms with van der Waals surface area (Å²) in [5.74, 6) is -0.179. The maximum atomic E-state index is 12.6. The van der Waals surface area contributed by atoms with E-state index in [1.54, 1.807) is 12.4 Å². The van der Waals surface area contributed by atoms with Gasteiger partial charge in [0.1, 0.15) is 0 Å². The summed E-state index contributed by atoms with van der Waals surface area (Å²) in [4.78, 5) is 18.8. The summed E-state index contributed by atoms with van der Waals surface area (Å²) in [7, 11) is 1.95. The number of pyridine rings is 1. The van der Waals surface area contributed by atoms with Crippen molar-refractivity contribution in [1.29, 1.82) is 0 Å². The normalized spacial score (nSPS) is 10.4. The first-order valence-electron chi connectivity index (χ1n) is 7.86. The number of nitrogens with zero attached hydrogens (tertiary/aromatic N) is 2. The topological polar surface area (TPSA) is 45.2 Å². The highest BCUT2D eigenvalue weighted by atomic mass is 79.9. The lowest BCUT2D eigenvalue weighted by molar-refractivity contribution is 0.102. The molecular weight excluding hydrogens is 378 g/mol. The highest BCUT2D eigenvalue weighted by Crippen LogP contribution is 2.24.